The van der Waals surface area contributed by atoms with E-state index in [-0.39, 0.29) is 62.4 Å². The van der Waals surface area contributed by atoms with Crippen LogP contribution >= 0.6 is 0 Å². The molecule has 2 N–H and O–H groups in total. The van der Waals surface area contributed by atoms with Gasteiger partial charge < -0.3 is 20.1 Å². The fraction of sp³-hybridized carbons (Fsp3) is 0.902. The van der Waals surface area contributed by atoms with Crippen molar-refractivity contribution in [3.8, 4) is 0 Å². The van der Waals surface area contributed by atoms with Gasteiger partial charge in [0.2, 0.25) is 11.8 Å². The van der Waals surface area contributed by atoms with Gasteiger partial charge in [0.25, 0.3) is 0 Å². The molecule has 0 unspecified atom stereocenters. The van der Waals surface area contributed by atoms with Crippen molar-refractivity contribution in [2.24, 2.45) is 68.0 Å². The first-order valence-electron chi connectivity index (χ1n) is 19.5. The Hall–Kier alpha value is -1.40. The summed E-state index contributed by atoms with van der Waals surface area (Å²) in [6, 6.07) is 0.0330. The molecular formula is C41H66N2O4. The topological polar surface area (TPSA) is 78.9 Å². The minimum Gasteiger partial charge on any atom is -0.393 e. The average Bonchev–Trinajstić information content (AvgIpc) is 3.43. The predicted molar refractivity (Wildman–Crippen MR) is 186 cm³/mol. The second kappa shape index (κ2) is 11.0. The van der Waals surface area contributed by atoms with Crippen molar-refractivity contribution in [3.05, 3.63) is 12.2 Å². The lowest BCUT2D eigenvalue weighted by molar-refractivity contribution is -0.246. The molecule has 47 heavy (non-hydrogen) atoms. The molecule has 2 amide bonds. The van der Waals surface area contributed by atoms with Crippen molar-refractivity contribution in [1.82, 2.24) is 10.2 Å². The van der Waals surface area contributed by atoms with Crippen LogP contribution in [-0.2, 0) is 14.3 Å². The second-order valence-electron chi connectivity index (χ2n) is 19.8. The molecule has 6 aliphatic carbocycles. The summed E-state index contributed by atoms with van der Waals surface area (Å²) >= 11 is 0. The maximum atomic E-state index is 14.8. The van der Waals surface area contributed by atoms with E-state index in [1.807, 2.05) is 4.90 Å². The van der Waals surface area contributed by atoms with E-state index in [2.05, 4.69) is 67.3 Å². The number of allylic oxidation sites excluding steroid dienone is 1. The highest BCUT2D eigenvalue weighted by Gasteiger charge is 2.72. The van der Waals surface area contributed by atoms with Crippen molar-refractivity contribution in [2.45, 2.75) is 138 Å². The normalized spacial score (nSPS) is 49.8. The van der Waals surface area contributed by atoms with Gasteiger partial charge >= 0.3 is 0 Å². The molecule has 6 heteroatoms. The number of carbonyl (C=O) groups is 2. The molecule has 0 aromatic rings. The van der Waals surface area contributed by atoms with Gasteiger partial charge in [-0.05, 0) is 134 Å². The third-order valence-corrected chi connectivity index (χ3v) is 17.7. The minimum absolute atomic E-state index is 0.0330. The number of aliphatic hydroxyl groups is 1. The summed E-state index contributed by atoms with van der Waals surface area (Å²) < 4.78 is 5.49. The molecule has 0 bridgehead atoms. The Morgan fingerprint density at radius 3 is 2.17 bits per heavy atom. The van der Waals surface area contributed by atoms with Crippen LogP contribution in [-0.4, -0.2) is 60.3 Å². The van der Waals surface area contributed by atoms with Gasteiger partial charge in [-0.1, -0.05) is 60.6 Å². The van der Waals surface area contributed by atoms with Crippen molar-refractivity contribution < 1.29 is 19.4 Å². The minimum atomic E-state index is -0.343. The SMILES string of the molecule is C=C(C)[C@@H]1CC[C@]2(C(=O)N[C@H]3C[C@@H](C(=O)N4CCOCC4)C3(C)C)CC[C@]3(C)[C@H](CC[C@@H]4[C@@]5(C)CC[C@H](O)C(C)(C)[C@@H]5CC[C@]43C)[C@@H]12. The number of hydrogen-bond donors (Lipinski definition) is 2. The van der Waals surface area contributed by atoms with Crippen LogP contribution in [0.3, 0.4) is 0 Å². The molecule has 7 rings (SSSR count). The van der Waals surface area contributed by atoms with Crippen molar-refractivity contribution in [2.75, 3.05) is 26.3 Å². The van der Waals surface area contributed by atoms with Gasteiger partial charge in [0.05, 0.1) is 24.7 Å². The van der Waals surface area contributed by atoms with Crippen LogP contribution in [0.2, 0.25) is 0 Å². The summed E-state index contributed by atoms with van der Waals surface area (Å²) in [5.74, 6) is 2.93. The number of aliphatic hydroxyl groups excluding tert-OH is 1. The molecule has 7 fully saturated rings. The molecular weight excluding hydrogens is 584 g/mol. The fourth-order valence-corrected chi connectivity index (χ4v) is 14.4. The van der Waals surface area contributed by atoms with E-state index >= 15 is 0 Å². The fourth-order valence-electron chi connectivity index (χ4n) is 14.4. The monoisotopic (exact) mass is 651 g/mol. The Balaban J connectivity index is 1.15. The van der Waals surface area contributed by atoms with E-state index in [4.69, 9.17) is 4.74 Å². The van der Waals surface area contributed by atoms with Gasteiger partial charge in [-0.2, -0.15) is 0 Å². The first-order valence-corrected chi connectivity index (χ1v) is 19.5. The van der Waals surface area contributed by atoms with Gasteiger partial charge in [0.15, 0.2) is 0 Å². The highest BCUT2D eigenvalue weighted by Crippen LogP contribution is 2.77. The third-order valence-electron chi connectivity index (χ3n) is 17.7. The van der Waals surface area contributed by atoms with E-state index < -0.39 is 0 Å². The predicted octanol–water partition coefficient (Wildman–Crippen LogP) is 7.39. The zero-order chi connectivity index (χ0) is 33.9. The van der Waals surface area contributed by atoms with Crippen LogP contribution in [0.1, 0.15) is 126 Å². The molecule has 0 aromatic carbocycles. The molecule has 264 valence electrons. The summed E-state index contributed by atoms with van der Waals surface area (Å²) in [4.78, 5) is 30.3. The van der Waals surface area contributed by atoms with Crippen molar-refractivity contribution in [1.29, 1.82) is 0 Å². The summed E-state index contributed by atoms with van der Waals surface area (Å²) in [7, 11) is 0. The average molecular weight is 651 g/mol. The smallest absolute Gasteiger partial charge is 0.226 e. The lowest BCUT2D eigenvalue weighted by Crippen LogP contribution is -2.68. The Labute approximate surface area is 285 Å². The molecule has 12 atom stereocenters. The van der Waals surface area contributed by atoms with Crippen LogP contribution in [0.4, 0.5) is 0 Å². The van der Waals surface area contributed by atoms with Gasteiger partial charge in [0, 0.05) is 25.0 Å². The summed E-state index contributed by atoms with van der Waals surface area (Å²) in [5, 5.41) is 14.7. The number of amides is 2. The maximum absolute atomic E-state index is 14.8. The zero-order valence-electron chi connectivity index (χ0n) is 31.1. The first-order chi connectivity index (χ1) is 21.9. The van der Waals surface area contributed by atoms with Crippen LogP contribution in [0.25, 0.3) is 0 Å². The molecule has 0 spiro atoms. The molecule has 1 heterocycles. The Bertz CT molecular complexity index is 1300. The number of carbonyl (C=O) groups excluding carboxylic acids is 2. The van der Waals surface area contributed by atoms with E-state index in [1.165, 1.54) is 31.3 Å². The van der Waals surface area contributed by atoms with Gasteiger partial charge in [0.1, 0.15) is 0 Å². The zero-order valence-corrected chi connectivity index (χ0v) is 31.1. The molecule has 1 saturated heterocycles. The molecule has 1 aliphatic heterocycles. The van der Waals surface area contributed by atoms with E-state index in [0.29, 0.717) is 55.9 Å². The second-order valence-corrected chi connectivity index (χ2v) is 19.8. The largest absolute Gasteiger partial charge is 0.393 e. The Morgan fingerprint density at radius 2 is 1.51 bits per heavy atom. The Morgan fingerprint density at radius 1 is 0.809 bits per heavy atom. The van der Waals surface area contributed by atoms with E-state index in [0.717, 1.165) is 44.9 Å². The number of morpholine rings is 1. The number of nitrogens with one attached hydrogen (secondary N) is 1. The van der Waals surface area contributed by atoms with Crippen LogP contribution in [0.5, 0.6) is 0 Å². The summed E-state index contributed by atoms with van der Waals surface area (Å²) in [6.07, 6.45) is 11.6. The Kier molecular flexibility index (Phi) is 8.01. The number of nitrogens with zero attached hydrogens (tertiary/aromatic N) is 1. The van der Waals surface area contributed by atoms with Gasteiger partial charge in [-0.25, -0.2) is 0 Å². The third kappa shape index (κ3) is 4.53. The van der Waals surface area contributed by atoms with Crippen molar-refractivity contribution in [3.63, 3.8) is 0 Å². The quantitative estimate of drug-likeness (QED) is 0.311. The standard InChI is InChI=1S/C41H66N2O4/c1-25(2)26-12-17-41(35(46)42-31-24-28(36(31,3)4)34(45)43-20-22-47-23-21-43)19-18-39(8)27(33(26)41)10-11-30-38(7)15-14-32(44)37(5,6)29(38)13-16-40(30,39)9/h26-33,44H,1,10-24H2,2-9H3,(H,42,46)/t26-,27+,28-,29-,30+,31-,32-,33+,38-,39+,40+,41-/m0/s1. The van der Waals surface area contributed by atoms with Crippen molar-refractivity contribution >= 4 is 11.8 Å². The van der Waals surface area contributed by atoms with Crippen LogP contribution < -0.4 is 5.32 Å². The lowest BCUT2D eigenvalue weighted by Gasteiger charge is -2.72. The number of fused-ring (bicyclic) bond motifs is 7. The highest BCUT2D eigenvalue weighted by molar-refractivity contribution is 5.86. The van der Waals surface area contributed by atoms with E-state index in [1.54, 1.807) is 0 Å². The summed E-state index contributed by atoms with van der Waals surface area (Å²) in [5.41, 5.74) is 1.29. The molecule has 7 aliphatic rings. The summed E-state index contributed by atoms with van der Waals surface area (Å²) in [6.45, 7) is 26.3. The number of hydrogen-bond acceptors (Lipinski definition) is 4. The highest BCUT2D eigenvalue weighted by atomic mass is 16.5. The van der Waals surface area contributed by atoms with Gasteiger partial charge in [-0.3, -0.25) is 9.59 Å². The molecule has 0 aromatic heterocycles. The maximum Gasteiger partial charge on any atom is 0.226 e. The lowest BCUT2D eigenvalue weighted by atomic mass is 9.32. The molecule has 6 saturated carbocycles. The first kappa shape index (κ1) is 34.1. The molecule has 0 radical (unpaired) electrons. The van der Waals surface area contributed by atoms with Gasteiger partial charge in [-0.15, -0.1) is 0 Å². The number of ether oxygens (including phenoxy) is 1. The molecule has 6 nitrogen and oxygen atoms in total. The van der Waals surface area contributed by atoms with E-state index in [9.17, 15) is 14.7 Å². The number of rotatable bonds is 4. The van der Waals surface area contributed by atoms with Crippen LogP contribution in [0, 0.1) is 68.0 Å². The van der Waals surface area contributed by atoms with Crippen LogP contribution in [0.15, 0.2) is 12.2 Å².